The summed E-state index contributed by atoms with van der Waals surface area (Å²) in [5, 5.41) is 7.21. The van der Waals surface area contributed by atoms with E-state index >= 15 is 0 Å². The molecule has 1 amide bonds. The average Bonchev–Trinajstić information content (AvgIpc) is 2.86. The molecule has 0 aliphatic carbocycles. The minimum Gasteiger partial charge on any atom is -0.336 e. The summed E-state index contributed by atoms with van der Waals surface area (Å²) in [7, 11) is 0. The summed E-state index contributed by atoms with van der Waals surface area (Å²) in [5.74, 6) is 0.0586. The van der Waals surface area contributed by atoms with Gasteiger partial charge in [-0.1, -0.05) is 13.0 Å². The van der Waals surface area contributed by atoms with Crippen molar-refractivity contribution in [1.29, 1.82) is 0 Å². The third kappa shape index (κ3) is 2.95. The maximum absolute atomic E-state index is 13.4. The Hall–Kier alpha value is -2.17. The van der Waals surface area contributed by atoms with Crippen molar-refractivity contribution in [1.82, 2.24) is 15.1 Å². The Labute approximate surface area is 142 Å². The van der Waals surface area contributed by atoms with E-state index in [0.29, 0.717) is 19.4 Å². The number of aromatic amines is 1. The zero-order chi connectivity index (χ0) is 17.4. The molecule has 5 heteroatoms. The molecule has 2 aromatic rings. The number of aryl methyl sites for hydroxylation is 2. The van der Waals surface area contributed by atoms with Crippen molar-refractivity contribution in [2.75, 3.05) is 6.54 Å². The second-order valence-electron chi connectivity index (χ2n) is 6.81. The number of benzene rings is 1. The molecule has 0 saturated carbocycles. The highest BCUT2D eigenvalue weighted by Crippen LogP contribution is 2.32. The summed E-state index contributed by atoms with van der Waals surface area (Å²) >= 11 is 0. The van der Waals surface area contributed by atoms with E-state index in [2.05, 4.69) is 17.1 Å². The van der Waals surface area contributed by atoms with Crippen molar-refractivity contribution < 1.29 is 9.18 Å². The molecule has 0 saturated heterocycles. The first kappa shape index (κ1) is 16.7. The van der Waals surface area contributed by atoms with Crippen LogP contribution in [0.3, 0.4) is 0 Å². The van der Waals surface area contributed by atoms with Gasteiger partial charge in [0.05, 0.1) is 11.7 Å². The van der Waals surface area contributed by atoms with Gasteiger partial charge in [-0.25, -0.2) is 4.39 Å². The van der Waals surface area contributed by atoms with Crippen molar-refractivity contribution >= 4 is 5.91 Å². The lowest BCUT2D eigenvalue weighted by molar-refractivity contribution is -0.134. The molecule has 1 aromatic carbocycles. The highest BCUT2D eigenvalue weighted by molar-refractivity contribution is 5.78. The normalized spacial score (nSPS) is 18.4. The number of halogens is 1. The third-order valence-corrected chi connectivity index (χ3v) is 5.12. The molecule has 1 aliphatic heterocycles. The first-order chi connectivity index (χ1) is 11.4. The van der Waals surface area contributed by atoms with Crippen molar-refractivity contribution in [2.24, 2.45) is 0 Å². The van der Waals surface area contributed by atoms with Crippen LogP contribution in [-0.2, 0) is 11.2 Å². The number of hydrogen-bond acceptors (Lipinski definition) is 2. The number of nitrogens with one attached hydrogen (secondary N) is 1. The number of carbonyl (C=O) groups is 1. The zero-order valence-electron chi connectivity index (χ0n) is 14.7. The Morgan fingerprint density at radius 2 is 2.21 bits per heavy atom. The van der Waals surface area contributed by atoms with Crippen LogP contribution in [-0.4, -0.2) is 27.5 Å². The van der Waals surface area contributed by atoms with Gasteiger partial charge in [0.25, 0.3) is 0 Å². The molecular weight excluding hydrogens is 305 g/mol. The van der Waals surface area contributed by atoms with Crippen LogP contribution >= 0.6 is 0 Å². The van der Waals surface area contributed by atoms with Gasteiger partial charge in [-0.3, -0.25) is 9.89 Å². The summed E-state index contributed by atoms with van der Waals surface area (Å²) in [6.45, 7) is 8.69. The number of amides is 1. The minimum absolute atomic E-state index is 0.0133. The number of fused-ring (bicyclic) bond motifs is 1. The van der Waals surface area contributed by atoms with Crippen molar-refractivity contribution in [2.45, 2.75) is 52.5 Å². The molecular formula is C19H24FN3O. The number of hydrogen-bond donors (Lipinski definition) is 1. The molecule has 24 heavy (non-hydrogen) atoms. The highest BCUT2D eigenvalue weighted by Gasteiger charge is 2.29. The van der Waals surface area contributed by atoms with E-state index in [4.69, 9.17) is 0 Å². The Balaban J connectivity index is 1.75. The summed E-state index contributed by atoms with van der Waals surface area (Å²) in [4.78, 5) is 14.8. The van der Waals surface area contributed by atoms with Crippen LogP contribution in [0.2, 0.25) is 0 Å². The Bertz CT molecular complexity index is 748. The third-order valence-electron chi connectivity index (χ3n) is 5.12. The number of carbonyl (C=O) groups excluding carboxylic acids is 1. The second-order valence-corrected chi connectivity index (χ2v) is 6.81. The summed E-state index contributed by atoms with van der Waals surface area (Å²) in [5.41, 5.74) is 5.19. The predicted molar refractivity (Wildman–Crippen MR) is 91.3 cm³/mol. The average molecular weight is 329 g/mol. The number of nitrogens with zero attached hydrogens (tertiary/aromatic N) is 2. The fraction of sp³-hybridized carbons (Fsp3) is 0.474. The fourth-order valence-electron chi connectivity index (χ4n) is 3.91. The molecule has 0 fully saturated rings. The van der Waals surface area contributed by atoms with E-state index in [9.17, 15) is 9.18 Å². The monoisotopic (exact) mass is 329 g/mol. The Morgan fingerprint density at radius 1 is 1.46 bits per heavy atom. The van der Waals surface area contributed by atoms with Crippen LogP contribution in [0, 0.1) is 19.7 Å². The van der Waals surface area contributed by atoms with E-state index in [0.717, 1.165) is 28.1 Å². The summed E-state index contributed by atoms with van der Waals surface area (Å²) < 4.78 is 13.4. The lowest BCUT2D eigenvalue weighted by Crippen LogP contribution is -2.39. The predicted octanol–water partition coefficient (Wildman–Crippen LogP) is 3.81. The van der Waals surface area contributed by atoms with Crippen LogP contribution in [0.1, 0.15) is 60.3 Å². The Morgan fingerprint density at radius 3 is 2.88 bits per heavy atom. The fourth-order valence-corrected chi connectivity index (χ4v) is 3.91. The van der Waals surface area contributed by atoms with E-state index in [1.165, 1.54) is 6.07 Å². The smallest absolute Gasteiger partial charge is 0.223 e. The Kier molecular flexibility index (Phi) is 4.43. The van der Waals surface area contributed by atoms with Gasteiger partial charge in [0.1, 0.15) is 5.82 Å². The molecule has 1 aliphatic rings. The first-order valence-electron chi connectivity index (χ1n) is 8.47. The molecule has 2 atom stereocenters. The van der Waals surface area contributed by atoms with Crippen LogP contribution in [0.5, 0.6) is 0 Å². The van der Waals surface area contributed by atoms with Crippen LogP contribution < -0.4 is 0 Å². The molecule has 3 rings (SSSR count). The van der Waals surface area contributed by atoms with Gasteiger partial charge < -0.3 is 4.90 Å². The van der Waals surface area contributed by atoms with Gasteiger partial charge in [0.15, 0.2) is 0 Å². The maximum atomic E-state index is 13.4. The van der Waals surface area contributed by atoms with E-state index < -0.39 is 0 Å². The van der Waals surface area contributed by atoms with Crippen LogP contribution in [0.15, 0.2) is 18.2 Å². The van der Waals surface area contributed by atoms with E-state index in [-0.39, 0.29) is 23.7 Å². The number of H-pyrrole nitrogens is 1. The maximum Gasteiger partial charge on any atom is 0.223 e. The highest BCUT2D eigenvalue weighted by atomic mass is 19.1. The van der Waals surface area contributed by atoms with Crippen molar-refractivity contribution in [3.63, 3.8) is 0 Å². The van der Waals surface area contributed by atoms with Gasteiger partial charge in [-0.15, -0.1) is 0 Å². The van der Waals surface area contributed by atoms with E-state index in [1.54, 1.807) is 6.07 Å². The number of aromatic nitrogens is 2. The molecule has 1 N–H and O–H groups in total. The quantitative estimate of drug-likeness (QED) is 0.931. The lowest BCUT2D eigenvalue weighted by atomic mass is 9.91. The SMILES string of the molecule is Cc1n[nH]c(C)c1[C@H](C)CC(=O)N1CCc2cc(F)ccc2[C@H]1C. The van der Waals surface area contributed by atoms with Gasteiger partial charge in [-0.05, 0) is 61.9 Å². The van der Waals surface area contributed by atoms with Crippen LogP contribution in [0.25, 0.3) is 0 Å². The molecule has 0 radical (unpaired) electrons. The van der Waals surface area contributed by atoms with Crippen molar-refractivity contribution in [3.05, 3.63) is 52.1 Å². The van der Waals surface area contributed by atoms with Crippen LogP contribution in [0.4, 0.5) is 4.39 Å². The van der Waals surface area contributed by atoms with Gasteiger partial charge in [-0.2, -0.15) is 5.10 Å². The molecule has 4 nitrogen and oxygen atoms in total. The van der Waals surface area contributed by atoms with Gasteiger partial charge in [0.2, 0.25) is 5.91 Å². The molecule has 0 unspecified atom stereocenters. The van der Waals surface area contributed by atoms with Gasteiger partial charge in [0, 0.05) is 18.7 Å². The molecule has 128 valence electrons. The second kappa shape index (κ2) is 6.38. The minimum atomic E-state index is -0.208. The first-order valence-corrected chi connectivity index (χ1v) is 8.47. The standard InChI is InChI=1S/C19H24FN3O/c1-11(19-12(2)21-22-13(19)3)9-18(24)23-8-7-15-10-16(20)5-6-17(15)14(23)4/h5-6,10-11,14H,7-9H2,1-4H3,(H,21,22)/t11-,14-/m1/s1. The molecule has 0 spiro atoms. The molecule has 2 heterocycles. The molecule has 1 aromatic heterocycles. The zero-order valence-corrected chi connectivity index (χ0v) is 14.7. The topological polar surface area (TPSA) is 49.0 Å². The summed E-state index contributed by atoms with van der Waals surface area (Å²) in [6.07, 6.45) is 1.17. The largest absolute Gasteiger partial charge is 0.336 e. The number of rotatable bonds is 3. The lowest BCUT2D eigenvalue weighted by Gasteiger charge is -2.36. The van der Waals surface area contributed by atoms with Crippen molar-refractivity contribution in [3.8, 4) is 0 Å². The molecule has 0 bridgehead atoms. The summed E-state index contributed by atoms with van der Waals surface area (Å²) in [6, 6.07) is 4.86. The van der Waals surface area contributed by atoms with E-state index in [1.807, 2.05) is 31.7 Å². The van der Waals surface area contributed by atoms with Gasteiger partial charge >= 0.3 is 0 Å².